The summed E-state index contributed by atoms with van der Waals surface area (Å²) in [6, 6.07) is 23.6. The molecule has 6 N–H and O–H groups in total. The molecule has 1 aromatic heterocycles. The number of hydrogen-bond acceptors (Lipinski definition) is 18. The summed E-state index contributed by atoms with van der Waals surface area (Å²) in [6.07, 6.45) is -1.39. The summed E-state index contributed by atoms with van der Waals surface area (Å²) < 4.78 is 31.9. The van der Waals surface area contributed by atoms with Crippen LogP contribution >= 0.6 is 0 Å². The van der Waals surface area contributed by atoms with Gasteiger partial charge in [-0.05, 0) is 74.5 Å². The quantitative estimate of drug-likeness (QED) is 0.0216. The van der Waals surface area contributed by atoms with Gasteiger partial charge in [0.05, 0.1) is 21.3 Å². The fraction of sp³-hybridized carbons (Fsp3) is 0.474. The van der Waals surface area contributed by atoms with Crippen molar-refractivity contribution in [2.45, 2.75) is 135 Å². The Morgan fingerprint density at radius 2 is 0.631 bits per heavy atom. The van der Waals surface area contributed by atoms with Gasteiger partial charge in [0.25, 0.3) is 0 Å². The highest BCUT2D eigenvalue weighted by molar-refractivity contribution is 5.85. The minimum absolute atomic E-state index is 0.0655. The van der Waals surface area contributed by atoms with Crippen LogP contribution in [-0.2, 0) is 96.6 Å². The second-order valence-electron chi connectivity index (χ2n) is 18.9. The van der Waals surface area contributed by atoms with Crippen molar-refractivity contribution in [1.82, 2.24) is 45.6 Å². The second-order valence-corrected chi connectivity index (χ2v) is 18.9. The number of aromatic nitrogens is 3. The fourth-order valence-corrected chi connectivity index (χ4v) is 8.18. The predicted molar refractivity (Wildman–Crippen MR) is 300 cm³/mol. The number of carbonyl (C=O) groups excluding carboxylic acids is 9. The third kappa shape index (κ3) is 24.8. The highest BCUT2D eigenvalue weighted by Crippen LogP contribution is 2.09. The van der Waals surface area contributed by atoms with E-state index in [4.69, 9.17) is 28.4 Å². The maximum atomic E-state index is 14.0. The Bertz CT molecular complexity index is 2610. The molecule has 4 aromatic rings. The Balaban J connectivity index is 1.41. The van der Waals surface area contributed by atoms with Crippen molar-refractivity contribution >= 4 is 53.9 Å². The Morgan fingerprint density at radius 3 is 0.869 bits per heavy atom. The Kier molecular flexibility index (Phi) is 30.1. The Hall–Kier alpha value is -9.30. The lowest BCUT2D eigenvalue weighted by Crippen LogP contribution is -2.55. The van der Waals surface area contributed by atoms with E-state index in [2.05, 4.69) is 31.9 Å². The van der Waals surface area contributed by atoms with E-state index in [1.807, 2.05) is 54.6 Å². The smallest absolute Gasteiger partial charge is 0.407 e. The number of methoxy groups -OCH3 is 3. The molecule has 27 nitrogen and oxygen atoms in total. The summed E-state index contributed by atoms with van der Waals surface area (Å²) in [6.45, 7) is -1.21. The molecule has 0 aliphatic carbocycles. The standard InChI is InChI=1S/C57H75N9O18/c1-79-49(70)43(25-13-16-31-58-52(73)82-37-40-19-7-4-8-20-40)61-46(67)28-34-64-55(76)65(35-29-47(68)62-44(50(71)80-2)26-14-17-32-59-53(74)83-38-41-21-9-5-10-22-41)57(78)66(56(64)77)36-30-48(69)63-45(51(72)81-3)27-15-18-33-60-54(75)84-39-42-23-11-6-12-24-42/h4-12,19-24,43-45H,13-18,25-39H2,1-3H3,(H,58,73)(H,59,74)(H,60,75)(H,61,67)(H,62,68)(H,63,69). The largest absolute Gasteiger partial charge is 0.467 e. The van der Waals surface area contributed by atoms with Gasteiger partial charge in [-0.15, -0.1) is 0 Å². The van der Waals surface area contributed by atoms with Gasteiger partial charge in [0.2, 0.25) is 17.7 Å². The molecule has 6 amide bonds. The van der Waals surface area contributed by atoms with Crippen molar-refractivity contribution in [1.29, 1.82) is 0 Å². The Morgan fingerprint density at radius 1 is 0.381 bits per heavy atom. The first-order valence-electron chi connectivity index (χ1n) is 27.4. The highest BCUT2D eigenvalue weighted by Gasteiger charge is 2.26. The third-order valence-corrected chi connectivity index (χ3v) is 12.7. The molecule has 0 saturated carbocycles. The van der Waals surface area contributed by atoms with Crippen LogP contribution in [0.1, 0.15) is 93.7 Å². The van der Waals surface area contributed by atoms with Gasteiger partial charge in [-0.1, -0.05) is 91.0 Å². The van der Waals surface area contributed by atoms with Gasteiger partial charge in [0.15, 0.2) is 0 Å². The maximum absolute atomic E-state index is 14.0. The SMILES string of the molecule is COC(=O)C(CCCCNC(=O)OCc1ccccc1)NC(=O)CCn1c(=O)n(CCC(=O)NC(CCCCNC(=O)OCc2ccccc2)C(=O)OC)c(=O)n(CCC(=O)NC(CCCCNC(=O)OCc2ccccc2)C(=O)OC)c1=O. The zero-order valence-corrected chi connectivity index (χ0v) is 47.4. The van der Waals surface area contributed by atoms with Crippen molar-refractivity contribution < 1.29 is 71.6 Å². The van der Waals surface area contributed by atoms with Crippen LogP contribution in [-0.4, -0.2) is 127 Å². The summed E-state index contributed by atoms with van der Waals surface area (Å²) in [7, 11) is 3.35. The molecule has 0 fully saturated rings. The lowest BCUT2D eigenvalue weighted by atomic mass is 10.1. The summed E-state index contributed by atoms with van der Waals surface area (Å²) >= 11 is 0. The van der Waals surface area contributed by atoms with E-state index in [1.54, 1.807) is 36.4 Å². The lowest BCUT2D eigenvalue weighted by molar-refractivity contribution is -0.145. The number of alkyl carbamates (subject to hydrolysis) is 3. The molecular formula is C57H75N9O18. The van der Waals surface area contributed by atoms with Crippen LogP contribution in [0.4, 0.5) is 14.4 Å². The number of ether oxygens (including phenoxy) is 6. The maximum Gasteiger partial charge on any atom is 0.407 e. The van der Waals surface area contributed by atoms with E-state index in [0.717, 1.165) is 38.0 Å². The number of benzene rings is 3. The average Bonchev–Trinajstić information content (AvgIpc) is 1.97. The normalized spacial score (nSPS) is 11.8. The van der Waals surface area contributed by atoms with Crippen molar-refractivity contribution in [3.63, 3.8) is 0 Å². The number of hydrogen-bond donors (Lipinski definition) is 6. The molecule has 3 aromatic carbocycles. The molecule has 3 atom stereocenters. The molecule has 0 radical (unpaired) electrons. The van der Waals surface area contributed by atoms with Crippen molar-refractivity contribution in [3.05, 3.63) is 139 Å². The van der Waals surface area contributed by atoms with Crippen molar-refractivity contribution in [2.75, 3.05) is 41.0 Å². The molecule has 3 unspecified atom stereocenters. The Labute approximate surface area is 484 Å². The van der Waals surface area contributed by atoms with Crippen LogP contribution in [0, 0.1) is 0 Å². The number of carbonyl (C=O) groups is 9. The molecule has 0 aliphatic heterocycles. The van der Waals surface area contributed by atoms with E-state index < -0.39 is 128 Å². The predicted octanol–water partition coefficient (Wildman–Crippen LogP) is 2.61. The molecule has 4 rings (SSSR count). The topological polar surface area (TPSA) is 347 Å². The first-order chi connectivity index (χ1) is 40.5. The van der Waals surface area contributed by atoms with E-state index in [9.17, 15) is 57.5 Å². The average molecular weight is 1170 g/mol. The van der Waals surface area contributed by atoms with Gasteiger partial charge in [0.1, 0.15) is 37.9 Å². The summed E-state index contributed by atoms with van der Waals surface area (Å²) in [4.78, 5) is 157. The van der Waals surface area contributed by atoms with Crippen molar-refractivity contribution in [2.24, 2.45) is 0 Å². The highest BCUT2D eigenvalue weighted by atomic mass is 16.6. The van der Waals surface area contributed by atoms with Gasteiger partial charge in [-0.3, -0.25) is 14.4 Å². The van der Waals surface area contributed by atoms with E-state index in [-0.39, 0.29) is 58.7 Å². The first-order valence-corrected chi connectivity index (χ1v) is 27.4. The fourth-order valence-electron chi connectivity index (χ4n) is 8.18. The first kappa shape index (κ1) is 67.2. The van der Waals surface area contributed by atoms with E-state index in [1.165, 1.54) is 0 Å². The molecule has 27 heteroatoms. The van der Waals surface area contributed by atoms with Gasteiger partial charge in [-0.2, -0.15) is 0 Å². The van der Waals surface area contributed by atoms with Gasteiger partial charge >= 0.3 is 53.3 Å². The summed E-state index contributed by atoms with van der Waals surface area (Å²) in [5.41, 5.74) is -1.29. The molecular weight excluding hydrogens is 1100 g/mol. The molecule has 0 bridgehead atoms. The van der Waals surface area contributed by atoms with Crippen LogP contribution in [0.15, 0.2) is 105 Å². The van der Waals surface area contributed by atoms with Crippen LogP contribution in [0.25, 0.3) is 0 Å². The molecule has 84 heavy (non-hydrogen) atoms. The number of rotatable bonds is 36. The molecule has 1 heterocycles. The van der Waals surface area contributed by atoms with Crippen LogP contribution in [0.2, 0.25) is 0 Å². The molecule has 0 aliphatic rings. The second kappa shape index (κ2) is 37.7. The van der Waals surface area contributed by atoms with E-state index in [0.29, 0.717) is 52.2 Å². The van der Waals surface area contributed by atoms with Gasteiger partial charge < -0.3 is 60.3 Å². The molecule has 0 saturated heterocycles. The van der Waals surface area contributed by atoms with Gasteiger partial charge in [-0.25, -0.2) is 56.9 Å². The molecule has 0 spiro atoms. The minimum atomic E-state index is -1.23. The summed E-state index contributed by atoms with van der Waals surface area (Å²) in [5, 5.41) is 15.4. The summed E-state index contributed by atoms with van der Waals surface area (Å²) in [5.74, 6) is -4.80. The van der Waals surface area contributed by atoms with Crippen LogP contribution < -0.4 is 49.0 Å². The number of amides is 6. The number of nitrogens with zero attached hydrogens (tertiary/aromatic N) is 3. The number of esters is 3. The zero-order chi connectivity index (χ0) is 61.1. The lowest BCUT2D eigenvalue weighted by Gasteiger charge is -2.18. The number of nitrogens with one attached hydrogen (secondary N) is 6. The van der Waals surface area contributed by atoms with Crippen LogP contribution in [0.3, 0.4) is 0 Å². The van der Waals surface area contributed by atoms with E-state index >= 15 is 0 Å². The minimum Gasteiger partial charge on any atom is -0.467 e. The number of unbranched alkanes of at least 4 members (excludes halogenated alkanes) is 3. The van der Waals surface area contributed by atoms with Crippen LogP contribution in [0.5, 0.6) is 0 Å². The zero-order valence-electron chi connectivity index (χ0n) is 47.4. The van der Waals surface area contributed by atoms with Crippen molar-refractivity contribution in [3.8, 4) is 0 Å². The van der Waals surface area contributed by atoms with Gasteiger partial charge in [0, 0.05) is 58.5 Å². The monoisotopic (exact) mass is 1170 g/mol. The third-order valence-electron chi connectivity index (χ3n) is 12.7. The molecule has 456 valence electrons.